The maximum atomic E-state index is 12.0. The molecule has 1 aromatic rings. The summed E-state index contributed by atoms with van der Waals surface area (Å²) in [4.78, 5) is 0. The second-order valence-electron chi connectivity index (χ2n) is 4.32. The molecule has 0 bridgehead atoms. The summed E-state index contributed by atoms with van der Waals surface area (Å²) in [5.74, 6) is 0.102. The predicted octanol–water partition coefficient (Wildman–Crippen LogP) is 2.01. The molecular formula is C13H20ClNO3S. The fraction of sp³-hybridized carbons (Fsp3) is 0.538. The zero-order chi connectivity index (χ0) is 14.3. The Labute approximate surface area is 119 Å². The van der Waals surface area contributed by atoms with Crippen molar-refractivity contribution in [2.75, 3.05) is 18.9 Å². The second-order valence-corrected chi connectivity index (χ2v) is 6.94. The van der Waals surface area contributed by atoms with Crippen LogP contribution in [0.2, 0.25) is 5.02 Å². The highest BCUT2D eigenvalue weighted by Crippen LogP contribution is 2.13. The van der Waals surface area contributed by atoms with Crippen LogP contribution in [-0.2, 0) is 20.3 Å². The van der Waals surface area contributed by atoms with E-state index in [1.807, 2.05) is 6.92 Å². The molecule has 0 saturated carbocycles. The van der Waals surface area contributed by atoms with E-state index in [4.69, 9.17) is 22.1 Å². The van der Waals surface area contributed by atoms with E-state index in [1.54, 1.807) is 24.3 Å². The molecule has 0 aliphatic carbocycles. The van der Waals surface area contributed by atoms with Gasteiger partial charge < -0.3 is 10.5 Å². The van der Waals surface area contributed by atoms with Crippen molar-refractivity contribution in [1.82, 2.24) is 0 Å². The van der Waals surface area contributed by atoms with E-state index in [-0.39, 0.29) is 17.6 Å². The number of sulfone groups is 1. The summed E-state index contributed by atoms with van der Waals surface area (Å²) in [6.45, 7) is 2.74. The minimum Gasteiger partial charge on any atom is -0.377 e. The molecule has 0 radical (unpaired) electrons. The average molecular weight is 306 g/mol. The Kier molecular flexibility index (Phi) is 6.79. The molecule has 0 aromatic heterocycles. The van der Waals surface area contributed by atoms with Crippen LogP contribution in [0.1, 0.15) is 18.9 Å². The fourth-order valence-electron chi connectivity index (χ4n) is 1.72. The summed E-state index contributed by atoms with van der Waals surface area (Å²) < 4.78 is 29.3. The van der Waals surface area contributed by atoms with Crippen LogP contribution in [0.4, 0.5) is 0 Å². The first kappa shape index (κ1) is 16.4. The van der Waals surface area contributed by atoms with Crippen LogP contribution < -0.4 is 5.73 Å². The third-order valence-corrected chi connectivity index (χ3v) is 4.60. The van der Waals surface area contributed by atoms with E-state index in [0.717, 1.165) is 5.56 Å². The Morgan fingerprint density at radius 2 is 1.95 bits per heavy atom. The van der Waals surface area contributed by atoms with Gasteiger partial charge in [0.1, 0.15) is 0 Å². The summed E-state index contributed by atoms with van der Waals surface area (Å²) >= 11 is 5.76. The molecule has 6 heteroatoms. The fourth-order valence-corrected chi connectivity index (χ4v) is 3.32. The lowest BCUT2D eigenvalue weighted by Gasteiger charge is -2.14. The minimum absolute atomic E-state index is 0.0214. The third kappa shape index (κ3) is 6.38. The van der Waals surface area contributed by atoms with Gasteiger partial charge in [0.2, 0.25) is 0 Å². The van der Waals surface area contributed by atoms with Crippen molar-refractivity contribution < 1.29 is 13.2 Å². The van der Waals surface area contributed by atoms with E-state index in [2.05, 4.69) is 0 Å². The SMILES string of the molecule is CCOC(CN)CCS(=O)(=O)Cc1ccc(Cl)cc1. The number of rotatable bonds is 8. The molecule has 2 N–H and O–H groups in total. The summed E-state index contributed by atoms with van der Waals surface area (Å²) in [7, 11) is -3.15. The summed E-state index contributed by atoms with van der Waals surface area (Å²) in [5.41, 5.74) is 6.26. The molecule has 1 atom stereocenters. The van der Waals surface area contributed by atoms with Crippen LogP contribution >= 0.6 is 11.6 Å². The van der Waals surface area contributed by atoms with Gasteiger partial charge in [0.05, 0.1) is 17.6 Å². The molecule has 0 amide bonds. The first-order chi connectivity index (χ1) is 8.96. The van der Waals surface area contributed by atoms with Crippen LogP contribution in [0.15, 0.2) is 24.3 Å². The molecule has 0 fully saturated rings. The first-order valence-corrected chi connectivity index (χ1v) is 8.43. The van der Waals surface area contributed by atoms with Crippen LogP contribution in [0.25, 0.3) is 0 Å². The summed E-state index contributed by atoms with van der Waals surface area (Å²) in [6, 6.07) is 6.83. The lowest BCUT2D eigenvalue weighted by Crippen LogP contribution is -2.26. The van der Waals surface area contributed by atoms with E-state index in [9.17, 15) is 8.42 Å². The van der Waals surface area contributed by atoms with E-state index in [0.29, 0.717) is 24.6 Å². The van der Waals surface area contributed by atoms with Gasteiger partial charge in [0.25, 0.3) is 0 Å². The van der Waals surface area contributed by atoms with E-state index >= 15 is 0 Å². The number of benzene rings is 1. The lowest BCUT2D eigenvalue weighted by atomic mass is 10.2. The smallest absolute Gasteiger partial charge is 0.154 e. The molecule has 0 saturated heterocycles. The van der Waals surface area contributed by atoms with Crippen molar-refractivity contribution in [3.8, 4) is 0 Å². The minimum atomic E-state index is -3.15. The third-order valence-electron chi connectivity index (χ3n) is 2.72. The molecule has 1 aromatic carbocycles. The molecule has 0 aliphatic rings. The molecule has 0 spiro atoms. The van der Waals surface area contributed by atoms with E-state index in [1.165, 1.54) is 0 Å². The quantitative estimate of drug-likeness (QED) is 0.797. The van der Waals surface area contributed by atoms with Gasteiger partial charge in [-0.2, -0.15) is 0 Å². The van der Waals surface area contributed by atoms with Gasteiger partial charge in [-0.25, -0.2) is 8.42 Å². The highest BCUT2D eigenvalue weighted by Gasteiger charge is 2.15. The molecule has 0 heterocycles. The number of nitrogens with two attached hydrogens (primary N) is 1. The lowest BCUT2D eigenvalue weighted by molar-refractivity contribution is 0.0671. The van der Waals surface area contributed by atoms with Crippen LogP contribution in [-0.4, -0.2) is 33.4 Å². The Hall–Kier alpha value is -0.620. The Bertz CT molecular complexity index is 473. The van der Waals surface area contributed by atoms with Crippen molar-refractivity contribution in [1.29, 1.82) is 0 Å². The van der Waals surface area contributed by atoms with Crippen molar-refractivity contribution in [2.24, 2.45) is 5.73 Å². The van der Waals surface area contributed by atoms with Gasteiger partial charge in [-0.05, 0) is 31.0 Å². The molecular weight excluding hydrogens is 286 g/mol. The Morgan fingerprint density at radius 1 is 1.32 bits per heavy atom. The molecule has 108 valence electrons. The number of hydrogen-bond acceptors (Lipinski definition) is 4. The zero-order valence-electron chi connectivity index (χ0n) is 11.0. The maximum absolute atomic E-state index is 12.0. The Morgan fingerprint density at radius 3 is 2.47 bits per heavy atom. The average Bonchev–Trinajstić information content (AvgIpc) is 2.37. The highest BCUT2D eigenvalue weighted by atomic mass is 35.5. The second kappa shape index (κ2) is 7.85. The van der Waals surface area contributed by atoms with Gasteiger partial charge >= 0.3 is 0 Å². The van der Waals surface area contributed by atoms with Crippen molar-refractivity contribution >= 4 is 21.4 Å². The van der Waals surface area contributed by atoms with E-state index < -0.39 is 9.84 Å². The van der Waals surface area contributed by atoms with Crippen LogP contribution in [0.5, 0.6) is 0 Å². The molecule has 19 heavy (non-hydrogen) atoms. The molecule has 4 nitrogen and oxygen atoms in total. The number of halogens is 1. The van der Waals surface area contributed by atoms with Gasteiger partial charge in [-0.15, -0.1) is 0 Å². The first-order valence-electron chi connectivity index (χ1n) is 6.23. The molecule has 1 rings (SSSR count). The monoisotopic (exact) mass is 305 g/mol. The van der Waals surface area contributed by atoms with Crippen LogP contribution in [0, 0.1) is 0 Å². The normalized spacial score (nSPS) is 13.4. The van der Waals surface area contributed by atoms with Crippen molar-refractivity contribution in [3.63, 3.8) is 0 Å². The van der Waals surface area contributed by atoms with Gasteiger partial charge in [-0.3, -0.25) is 0 Å². The summed E-state index contributed by atoms with van der Waals surface area (Å²) in [6.07, 6.45) is 0.241. The zero-order valence-corrected chi connectivity index (χ0v) is 12.6. The standard InChI is InChI=1S/C13H20ClNO3S/c1-2-18-13(9-15)7-8-19(16,17)10-11-3-5-12(14)6-4-11/h3-6,13H,2,7-10,15H2,1H3. The van der Waals surface area contributed by atoms with Crippen LogP contribution in [0.3, 0.4) is 0 Å². The topological polar surface area (TPSA) is 69.4 Å². The molecule has 1 unspecified atom stereocenters. The van der Waals surface area contributed by atoms with Gasteiger partial charge in [-0.1, -0.05) is 23.7 Å². The Balaban J connectivity index is 2.54. The van der Waals surface area contributed by atoms with Crippen molar-refractivity contribution in [2.45, 2.75) is 25.2 Å². The molecule has 0 aliphatic heterocycles. The van der Waals surface area contributed by atoms with Crippen molar-refractivity contribution in [3.05, 3.63) is 34.9 Å². The largest absolute Gasteiger partial charge is 0.377 e. The summed E-state index contributed by atoms with van der Waals surface area (Å²) in [5, 5.41) is 0.598. The number of hydrogen-bond donors (Lipinski definition) is 1. The van der Waals surface area contributed by atoms with Gasteiger partial charge in [0, 0.05) is 18.2 Å². The highest BCUT2D eigenvalue weighted by molar-refractivity contribution is 7.90. The maximum Gasteiger partial charge on any atom is 0.154 e. The predicted molar refractivity (Wildman–Crippen MR) is 78.0 cm³/mol. The van der Waals surface area contributed by atoms with Gasteiger partial charge in [0.15, 0.2) is 9.84 Å². The number of ether oxygens (including phenoxy) is 1.